The average molecular weight is 569 g/mol. The Kier molecular flexibility index (Phi) is 8.27. The lowest BCUT2D eigenvalue weighted by Gasteiger charge is -2.38. The molecule has 3 amide bonds. The molecule has 2 aliphatic heterocycles. The summed E-state index contributed by atoms with van der Waals surface area (Å²) in [6.45, 7) is 0.115. The second kappa shape index (κ2) is 12.0. The van der Waals surface area contributed by atoms with Gasteiger partial charge in [0.05, 0.1) is 7.11 Å². The van der Waals surface area contributed by atoms with Crippen molar-refractivity contribution in [2.24, 2.45) is 0 Å². The van der Waals surface area contributed by atoms with Crippen molar-refractivity contribution in [3.05, 3.63) is 77.7 Å². The van der Waals surface area contributed by atoms with E-state index in [1.54, 1.807) is 37.4 Å². The van der Waals surface area contributed by atoms with Crippen LogP contribution in [-0.4, -0.2) is 77.2 Å². The zero-order valence-electron chi connectivity index (χ0n) is 22.6. The lowest BCUT2D eigenvalue weighted by atomic mass is 10.0. The molecule has 1 N–H and O–H groups in total. The molecule has 1 saturated heterocycles. The molecule has 2 aliphatic rings. The molecule has 41 heavy (non-hydrogen) atoms. The first kappa shape index (κ1) is 28.2. The Bertz CT molecular complexity index is 1380. The van der Waals surface area contributed by atoms with Gasteiger partial charge in [0.15, 0.2) is 0 Å². The number of rotatable bonds is 7. The van der Waals surface area contributed by atoms with Gasteiger partial charge in [-0.15, -0.1) is 0 Å². The van der Waals surface area contributed by atoms with E-state index in [-0.39, 0.29) is 24.3 Å². The maximum absolute atomic E-state index is 13.3. The van der Waals surface area contributed by atoms with Crippen LogP contribution in [0.2, 0.25) is 0 Å². The topological polar surface area (TPSA) is 90.9 Å². The predicted molar refractivity (Wildman–Crippen MR) is 147 cm³/mol. The van der Waals surface area contributed by atoms with Gasteiger partial charge >= 0.3 is 12.2 Å². The van der Waals surface area contributed by atoms with E-state index in [1.165, 1.54) is 12.4 Å². The highest BCUT2D eigenvalue weighted by Gasteiger charge is 2.35. The number of piperidine rings is 1. The molecule has 0 radical (unpaired) electrons. The second-order valence-electron chi connectivity index (χ2n) is 10.1. The van der Waals surface area contributed by atoms with Gasteiger partial charge in [-0.2, -0.15) is 13.2 Å². The number of fused-ring (bicyclic) bond motifs is 1. The van der Waals surface area contributed by atoms with Crippen molar-refractivity contribution in [2.45, 2.75) is 38.0 Å². The number of methoxy groups -OCH3 is 1. The van der Waals surface area contributed by atoms with Crippen LogP contribution in [0.15, 0.2) is 60.9 Å². The molecule has 0 aliphatic carbocycles. The van der Waals surface area contributed by atoms with E-state index < -0.39 is 18.6 Å². The van der Waals surface area contributed by atoms with Crippen LogP contribution in [0.3, 0.4) is 0 Å². The van der Waals surface area contributed by atoms with Crippen molar-refractivity contribution in [1.29, 1.82) is 0 Å². The minimum atomic E-state index is -4.56. The van der Waals surface area contributed by atoms with E-state index in [0.717, 1.165) is 21.9 Å². The fourth-order valence-electron chi connectivity index (χ4n) is 5.33. The number of hydrogen-bond donors (Lipinski definition) is 1. The zero-order valence-corrected chi connectivity index (χ0v) is 22.6. The number of amides is 3. The van der Waals surface area contributed by atoms with Gasteiger partial charge in [0.2, 0.25) is 0 Å². The van der Waals surface area contributed by atoms with E-state index in [0.29, 0.717) is 50.3 Å². The average Bonchev–Trinajstić information content (AvgIpc) is 3.14. The van der Waals surface area contributed by atoms with Crippen molar-refractivity contribution >= 4 is 23.4 Å². The summed E-state index contributed by atoms with van der Waals surface area (Å²) in [5.41, 5.74) is 2.28. The lowest BCUT2D eigenvalue weighted by molar-refractivity contribution is -0.141. The van der Waals surface area contributed by atoms with E-state index in [4.69, 9.17) is 4.74 Å². The normalized spacial score (nSPS) is 16.0. The maximum Gasteiger partial charge on any atom is 0.406 e. The van der Waals surface area contributed by atoms with Gasteiger partial charge in [0.25, 0.3) is 5.91 Å². The Balaban J connectivity index is 1.24. The molecule has 3 aromatic rings. The molecule has 2 aromatic carbocycles. The Morgan fingerprint density at radius 2 is 1.83 bits per heavy atom. The molecule has 5 rings (SSSR count). The molecule has 0 atom stereocenters. The van der Waals surface area contributed by atoms with Gasteiger partial charge < -0.3 is 24.8 Å². The first-order valence-electron chi connectivity index (χ1n) is 13.4. The summed E-state index contributed by atoms with van der Waals surface area (Å²) in [4.78, 5) is 39.1. The highest BCUT2D eigenvalue weighted by molar-refractivity contribution is 5.93. The molecule has 216 valence electrons. The third-order valence-corrected chi connectivity index (χ3v) is 7.41. The van der Waals surface area contributed by atoms with Crippen molar-refractivity contribution in [3.63, 3.8) is 0 Å². The van der Waals surface area contributed by atoms with Crippen LogP contribution in [0.25, 0.3) is 0 Å². The van der Waals surface area contributed by atoms with Crippen molar-refractivity contribution in [1.82, 2.24) is 19.8 Å². The van der Waals surface area contributed by atoms with Crippen LogP contribution in [0.4, 0.5) is 29.5 Å². The lowest BCUT2D eigenvalue weighted by Crippen LogP contribution is -2.49. The predicted octanol–water partition coefficient (Wildman–Crippen LogP) is 4.75. The van der Waals surface area contributed by atoms with Gasteiger partial charge in [-0.05, 0) is 48.6 Å². The molecule has 0 saturated carbocycles. The molecular weight excluding hydrogens is 537 g/mol. The maximum atomic E-state index is 13.3. The minimum Gasteiger partial charge on any atom is -0.497 e. The summed E-state index contributed by atoms with van der Waals surface area (Å²) in [5, 5.41) is 3.00. The number of benzene rings is 2. The van der Waals surface area contributed by atoms with Gasteiger partial charge in [0.1, 0.15) is 30.1 Å². The second-order valence-corrected chi connectivity index (χ2v) is 10.1. The van der Waals surface area contributed by atoms with Gasteiger partial charge in [-0.3, -0.25) is 4.79 Å². The number of alkyl halides is 3. The van der Waals surface area contributed by atoms with Crippen LogP contribution >= 0.6 is 0 Å². The number of carbonyl (C=O) groups excluding carboxylic acids is 2. The van der Waals surface area contributed by atoms with Gasteiger partial charge in [-0.1, -0.05) is 30.3 Å². The fourth-order valence-corrected chi connectivity index (χ4v) is 5.33. The zero-order chi connectivity index (χ0) is 29.0. The van der Waals surface area contributed by atoms with Crippen LogP contribution in [-0.2, 0) is 13.0 Å². The molecule has 0 bridgehead atoms. The van der Waals surface area contributed by atoms with Crippen molar-refractivity contribution in [3.8, 4) is 5.75 Å². The largest absolute Gasteiger partial charge is 0.497 e. The third-order valence-electron chi connectivity index (χ3n) is 7.41. The summed E-state index contributed by atoms with van der Waals surface area (Å²) in [5.74, 6) is 0.388. The van der Waals surface area contributed by atoms with E-state index in [9.17, 15) is 22.8 Å². The molecule has 1 fully saturated rings. The number of halogens is 3. The summed E-state index contributed by atoms with van der Waals surface area (Å²) in [7, 11) is 1.61. The van der Waals surface area contributed by atoms with Crippen molar-refractivity contribution in [2.75, 3.05) is 43.5 Å². The molecule has 12 heteroatoms. The number of nitrogens with zero attached hydrogens (tertiary/aromatic N) is 5. The number of aromatic nitrogens is 2. The highest BCUT2D eigenvalue weighted by atomic mass is 19.4. The number of ether oxygens (including phenoxy) is 1. The first-order chi connectivity index (χ1) is 19.7. The molecule has 1 aromatic heterocycles. The van der Waals surface area contributed by atoms with Gasteiger partial charge in [0, 0.05) is 44.0 Å². The molecule has 0 spiro atoms. The third kappa shape index (κ3) is 6.87. The number of carbonyl (C=O) groups is 2. The first-order valence-corrected chi connectivity index (χ1v) is 13.4. The summed E-state index contributed by atoms with van der Waals surface area (Å²) < 4.78 is 45.3. The molecule has 9 nitrogen and oxygen atoms in total. The Morgan fingerprint density at radius 3 is 2.54 bits per heavy atom. The molecule has 3 heterocycles. The molecule has 0 unspecified atom stereocenters. The van der Waals surface area contributed by atoms with Gasteiger partial charge in [-0.25, -0.2) is 14.8 Å². The number of urea groups is 1. The number of anilines is 2. The van der Waals surface area contributed by atoms with Crippen LogP contribution in [0.5, 0.6) is 5.75 Å². The summed E-state index contributed by atoms with van der Waals surface area (Å²) in [6, 6.07) is 15.4. The monoisotopic (exact) mass is 568 g/mol. The Labute approximate surface area is 235 Å². The quantitative estimate of drug-likeness (QED) is 0.443. The van der Waals surface area contributed by atoms with E-state index in [2.05, 4.69) is 15.3 Å². The van der Waals surface area contributed by atoms with Crippen molar-refractivity contribution < 1.29 is 27.5 Å². The van der Waals surface area contributed by atoms with Crippen LogP contribution in [0.1, 0.15) is 34.5 Å². The standard InChI is InChI=1S/C29H31F3N6O3/c1-41-23-7-8-24-21(15-23)9-14-38(28(40)35-24)22-10-12-36(13-11-22)26-16-25(33-19-34-26)27(39)37(18-29(30,31)32)17-20-5-3-2-4-6-20/h2-8,15-16,19,22H,9-14,17-18H2,1H3,(H,35,40). The van der Waals surface area contributed by atoms with Crippen LogP contribution < -0.4 is 15.0 Å². The summed E-state index contributed by atoms with van der Waals surface area (Å²) >= 11 is 0. The summed E-state index contributed by atoms with van der Waals surface area (Å²) in [6.07, 6.45) is -1.31. The molecular formula is C29H31F3N6O3. The Morgan fingerprint density at radius 1 is 1.07 bits per heavy atom. The fraction of sp³-hybridized carbons (Fsp3) is 0.379. The SMILES string of the molecule is COc1ccc2c(c1)CCN(C1CCN(c3cc(C(=O)N(Cc4ccccc4)CC(F)(F)F)ncn3)CC1)C(=O)N2. The smallest absolute Gasteiger partial charge is 0.406 e. The number of hydrogen-bond acceptors (Lipinski definition) is 6. The number of nitrogens with one attached hydrogen (secondary N) is 1. The van der Waals surface area contributed by atoms with Crippen LogP contribution in [0, 0.1) is 0 Å². The Hall–Kier alpha value is -4.35. The van der Waals surface area contributed by atoms with E-state index in [1.807, 2.05) is 28.0 Å². The highest BCUT2D eigenvalue weighted by Crippen LogP contribution is 2.29. The van der Waals surface area contributed by atoms with E-state index >= 15 is 0 Å². The minimum absolute atomic E-state index is 0.0125.